The minimum Gasteiger partial charge on any atom is -0.271 e. The highest BCUT2D eigenvalue weighted by molar-refractivity contribution is 6.31. The summed E-state index contributed by atoms with van der Waals surface area (Å²) < 4.78 is 1.83. The van der Waals surface area contributed by atoms with Crippen molar-refractivity contribution in [3.63, 3.8) is 0 Å². The first-order valence-electron chi connectivity index (χ1n) is 4.30. The maximum absolute atomic E-state index is 6.09. The van der Waals surface area contributed by atoms with Crippen LogP contribution in [0.4, 0.5) is 0 Å². The zero-order valence-corrected chi connectivity index (χ0v) is 9.65. The molecule has 0 N–H and O–H groups in total. The number of hydrogen-bond acceptors (Lipinski definition) is 1. The molecular weight excluding hydrogens is 207 g/mol. The summed E-state index contributed by atoms with van der Waals surface area (Å²) >= 11 is 11.8. The Morgan fingerprint density at radius 1 is 1.54 bits per heavy atom. The standard InChI is InChI=1S/C9H14Cl2N2/c1-6(5-10)4-8-9(11)7(2)12-13(8)3/h6H,4-5H2,1-3H3. The van der Waals surface area contributed by atoms with Crippen LogP contribution < -0.4 is 0 Å². The highest BCUT2D eigenvalue weighted by Crippen LogP contribution is 2.22. The number of aryl methyl sites for hydroxylation is 2. The van der Waals surface area contributed by atoms with E-state index in [1.54, 1.807) is 0 Å². The van der Waals surface area contributed by atoms with Crippen LogP contribution in [0.15, 0.2) is 0 Å². The molecule has 4 heteroatoms. The van der Waals surface area contributed by atoms with Crippen LogP contribution in [0.25, 0.3) is 0 Å². The van der Waals surface area contributed by atoms with Crippen LogP contribution in [0.2, 0.25) is 5.02 Å². The van der Waals surface area contributed by atoms with E-state index < -0.39 is 0 Å². The SMILES string of the molecule is Cc1nn(C)c(CC(C)CCl)c1Cl. The van der Waals surface area contributed by atoms with Crippen LogP contribution in [0, 0.1) is 12.8 Å². The smallest absolute Gasteiger partial charge is 0.0847 e. The lowest BCUT2D eigenvalue weighted by atomic mass is 10.1. The molecular formula is C9H14Cl2N2. The molecule has 0 saturated carbocycles. The molecule has 0 saturated heterocycles. The number of rotatable bonds is 3. The van der Waals surface area contributed by atoms with E-state index in [1.807, 2.05) is 18.7 Å². The van der Waals surface area contributed by atoms with Gasteiger partial charge in [-0.25, -0.2) is 0 Å². The third kappa shape index (κ3) is 2.38. The summed E-state index contributed by atoms with van der Waals surface area (Å²) in [6, 6.07) is 0. The van der Waals surface area contributed by atoms with E-state index in [0.29, 0.717) is 11.8 Å². The van der Waals surface area contributed by atoms with Gasteiger partial charge in [0.05, 0.1) is 16.4 Å². The first-order valence-corrected chi connectivity index (χ1v) is 5.21. The molecule has 1 aromatic heterocycles. The number of halogens is 2. The second-order valence-electron chi connectivity index (χ2n) is 3.43. The Kier molecular flexibility index (Phi) is 3.63. The van der Waals surface area contributed by atoms with Gasteiger partial charge in [-0.2, -0.15) is 5.10 Å². The largest absolute Gasteiger partial charge is 0.271 e. The molecule has 0 fully saturated rings. The minimum atomic E-state index is 0.439. The van der Waals surface area contributed by atoms with Crippen molar-refractivity contribution in [2.75, 3.05) is 5.88 Å². The fourth-order valence-electron chi connectivity index (χ4n) is 1.29. The quantitative estimate of drug-likeness (QED) is 0.717. The zero-order chi connectivity index (χ0) is 10.0. The van der Waals surface area contributed by atoms with E-state index in [2.05, 4.69) is 12.0 Å². The van der Waals surface area contributed by atoms with Gasteiger partial charge in [-0.15, -0.1) is 11.6 Å². The number of nitrogens with zero attached hydrogens (tertiary/aromatic N) is 2. The molecule has 0 radical (unpaired) electrons. The molecule has 0 amide bonds. The van der Waals surface area contributed by atoms with E-state index in [4.69, 9.17) is 23.2 Å². The van der Waals surface area contributed by atoms with Gasteiger partial charge in [0.15, 0.2) is 0 Å². The molecule has 1 heterocycles. The summed E-state index contributed by atoms with van der Waals surface area (Å²) in [5.41, 5.74) is 1.97. The summed E-state index contributed by atoms with van der Waals surface area (Å²) in [7, 11) is 1.91. The number of hydrogen-bond donors (Lipinski definition) is 0. The van der Waals surface area contributed by atoms with Gasteiger partial charge in [0, 0.05) is 12.9 Å². The predicted molar refractivity (Wildman–Crippen MR) is 56.5 cm³/mol. The molecule has 2 nitrogen and oxygen atoms in total. The Balaban J connectivity index is 2.87. The molecule has 1 aromatic rings. The van der Waals surface area contributed by atoms with E-state index in [-0.39, 0.29) is 0 Å². The first kappa shape index (κ1) is 10.9. The predicted octanol–water partition coefficient (Wildman–Crippen LogP) is 2.80. The third-order valence-corrected chi connectivity index (χ3v) is 3.09. The summed E-state index contributed by atoms with van der Waals surface area (Å²) in [6.45, 7) is 4.02. The first-order chi connectivity index (χ1) is 6.06. The fourth-order valence-corrected chi connectivity index (χ4v) is 1.63. The fraction of sp³-hybridized carbons (Fsp3) is 0.667. The van der Waals surface area contributed by atoms with E-state index in [1.165, 1.54) is 0 Å². The van der Waals surface area contributed by atoms with E-state index in [9.17, 15) is 0 Å². The molecule has 74 valence electrons. The average Bonchev–Trinajstić information content (AvgIpc) is 2.32. The average molecular weight is 221 g/mol. The van der Waals surface area contributed by atoms with Crippen molar-refractivity contribution in [1.82, 2.24) is 9.78 Å². The maximum Gasteiger partial charge on any atom is 0.0847 e. The van der Waals surface area contributed by atoms with E-state index >= 15 is 0 Å². The molecule has 0 bridgehead atoms. The Labute approximate surface area is 88.8 Å². The van der Waals surface area contributed by atoms with Crippen molar-refractivity contribution < 1.29 is 0 Å². The van der Waals surface area contributed by atoms with E-state index in [0.717, 1.165) is 22.8 Å². The molecule has 0 aliphatic heterocycles. The highest BCUT2D eigenvalue weighted by atomic mass is 35.5. The number of alkyl halides is 1. The Bertz CT molecular complexity index is 294. The van der Waals surface area contributed by atoms with Crippen molar-refractivity contribution in [3.8, 4) is 0 Å². The normalized spacial score (nSPS) is 13.3. The Morgan fingerprint density at radius 2 is 2.15 bits per heavy atom. The van der Waals surface area contributed by atoms with Crippen molar-refractivity contribution in [1.29, 1.82) is 0 Å². The number of aromatic nitrogens is 2. The van der Waals surface area contributed by atoms with Gasteiger partial charge >= 0.3 is 0 Å². The second kappa shape index (κ2) is 4.34. The van der Waals surface area contributed by atoms with Gasteiger partial charge in [0.2, 0.25) is 0 Å². The third-order valence-electron chi connectivity index (χ3n) is 2.07. The summed E-state index contributed by atoms with van der Waals surface area (Å²) in [4.78, 5) is 0. The van der Waals surface area contributed by atoms with Crippen molar-refractivity contribution in [2.24, 2.45) is 13.0 Å². The molecule has 1 rings (SSSR count). The van der Waals surface area contributed by atoms with Crippen molar-refractivity contribution >= 4 is 23.2 Å². The lowest BCUT2D eigenvalue weighted by Crippen LogP contribution is -2.06. The highest BCUT2D eigenvalue weighted by Gasteiger charge is 2.13. The van der Waals surface area contributed by atoms with Crippen LogP contribution in [0.3, 0.4) is 0 Å². The second-order valence-corrected chi connectivity index (χ2v) is 4.12. The Morgan fingerprint density at radius 3 is 2.54 bits per heavy atom. The maximum atomic E-state index is 6.09. The van der Waals surface area contributed by atoms with Crippen LogP contribution >= 0.6 is 23.2 Å². The van der Waals surface area contributed by atoms with Crippen LogP contribution in [0.5, 0.6) is 0 Å². The molecule has 1 atom stereocenters. The van der Waals surface area contributed by atoms with Gasteiger partial charge in [-0.3, -0.25) is 4.68 Å². The van der Waals surface area contributed by atoms with Gasteiger partial charge in [0.25, 0.3) is 0 Å². The Hall–Kier alpha value is -0.210. The van der Waals surface area contributed by atoms with Crippen LogP contribution in [-0.4, -0.2) is 15.7 Å². The minimum absolute atomic E-state index is 0.439. The van der Waals surface area contributed by atoms with Gasteiger partial charge in [-0.1, -0.05) is 18.5 Å². The molecule has 0 aliphatic rings. The van der Waals surface area contributed by atoms with Gasteiger partial charge in [0.1, 0.15) is 0 Å². The zero-order valence-electron chi connectivity index (χ0n) is 8.14. The monoisotopic (exact) mass is 220 g/mol. The van der Waals surface area contributed by atoms with Crippen molar-refractivity contribution in [3.05, 3.63) is 16.4 Å². The lowest BCUT2D eigenvalue weighted by molar-refractivity contribution is 0.600. The molecule has 0 spiro atoms. The lowest BCUT2D eigenvalue weighted by Gasteiger charge is -2.07. The van der Waals surface area contributed by atoms with Crippen molar-refractivity contribution in [2.45, 2.75) is 20.3 Å². The van der Waals surface area contributed by atoms with Gasteiger partial charge < -0.3 is 0 Å². The molecule has 0 aromatic carbocycles. The van der Waals surface area contributed by atoms with Crippen LogP contribution in [-0.2, 0) is 13.5 Å². The summed E-state index contributed by atoms with van der Waals surface area (Å²) in [6.07, 6.45) is 0.889. The van der Waals surface area contributed by atoms with Crippen LogP contribution in [0.1, 0.15) is 18.3 Å². The summed E-state index contributed by atoms with van der Waals surface area (Å²) in [5, 5.41) is 5.02. The molecule has 0 aliphatic carbocycles. The summed E-state index contributed by atoms with van der Waals surface area (Å²) in [5.74, 6) is 1.09. The van der Waals surface area contributed by atoms with Gasteiger partial charge in [-0.05, 0) is 19.3 Å². The topological polar surface area (TPSA) is 17.8 Å². The molecule has 13 heavy (non-hydrogen) atoms. The molecule has 1 unspecified atom stereocenters.